The second kappa shape index (κ2) is 5.61. The summed E-state index contributed by atoms with van der Waals surface area (Å²) in [5, 5.41) is 3.08. The zero-order valence-electron chi connectivity index (χ0n) is 13.0. The third kappa shape index (κ3) is 2.76. The number of ether oxygens (including phenoxy) is 2. The van der Waals surface area contributed by atoms with Crippen LogP contribution in [0.1, 0.15) is 17.9 Å². The van der Waals surface area contributed by atoms with Crippen molar-refractivity contribution in [3.8, 4) is 11.5 Å². The highest BCUT2D eigenvalue weighted by Crippen LogP contribution is 2.31. The minimum atomic E-state index is -0.601. The summed E-state index contributed by atoms with van der Waals surface area (Å²) in [6.45, 7) is 2.99. The maximum absolute atomic E-state index is 12.5. The molecule has 0 saturated heterocycles. The van der Waals surface area contributed by atoms with Gasteiger partial charge >= 0.3 is 0 Å². The largest absolute Gasteiger partial charge is 0.485 e. The molecule has 2 aliphatic rings. The fraction of sp³-hybridized carbons (Fsp3) is 0.412. The number of hydrogen-bond acceptors (Lipinski definition) is 4. The van der Waals surface area contributed by atoms with Gasteiger partial charge in [0.1, 0.15) is 12.4 Å². The van der Waals surface area contributed by atoms with Crippen molar-refractivity contribution >= 4 is 5.91 Å². The standard InChI is InChI=1S/C17H19N3O3/c1-11-8-20-9-12(6-7-16(20)18-11)19-17(21)15-10-22-13-4-2-3-5-14(13)23-15/h2-5,8,12,15H,6-7,9-10H2,1H3,(H,19,21)/t12-,15-/m0/s1. The van der Waals surface area contributed by atoms with Crippen LogP contribution in [-0.4, -0.2) is 34.2 Å². The summed E-state index contributed by atoms with van der Waals surface area (Å²) < 4.78 is 13.5. The first-order valence-electron chi connectivity index (χ1n) is 7.90. The second-order valence-electron chi connectivity index (χ2n) is 6.06. The fourth-order valence-corrected chi connectivity index (χ4v) is 3.15. The number of imidazole rings is 1. The summed E-state index contributed by atoms with van der Waals surface area (Å²) in [5.74, 6) is 2.28. The zero-order chi connectivity index (χ0) is 15.8. The maximum atomic E-state index is 12.5. The summed E-state index contributed by atoms with van der Waals surface area (Å²) >= 11 is 0. The lowest BCUT2D eigenvalue weighted by atomic mass is 10.1. The highest BCUT2D eigenvalue weighted by atomic mass is 16.6. The normalized spacial score (nSPS) is 22.3. The molecule has 1 aromatic heterocycles. The predicted octanol–water partition coefficient (Wildman–Crippen LogP) is 1.46. The van der Waals surface area contributed by atoms with E-state index < -0.39 is 6.10 Å². The molecular formula is C17H19N3O3. The molecule has 0 spiro atoms. The van der Waals surface area contributed by atoms with E-state index in [2.05, 4.69) is 14.9 Å². The lowest BCUT2D eigenvalue weighted by Gasteiger charge is -2.29. The second-order valence-corrected chi connectivity index (χ2v) is 6.06. The highest BCUT2D eigenvalue weighted by Gasteiger charge is 2.30. The number of aryl methyl sites for hydroxylation is 2. The van der Waals surface area contributed by atoms with Crippen molar-refractivity contribution in [3.05, 3.63) is 42.0 Å². The molecule has 120 valence electrons. The molecule has 23 heavy (non-hydrogen) atoms. The molecule has 2 atom stereocenters. The van der Waals surface area contributed by atoms with Crippen LogP contribution in [-0.2, 0) is 17.8 Å². The lowest BCUT2D eigenvalue weighted by molar-refractivity contribution is -0.131. The van der Waals surface area contributed by atoms with E-state index in [4.69, 9.17) is 9.47 Å². The Hall–Kier alpha value is -2.50. The molecule has 0 aliphatic carbocycles. The first-order chi connectivity index (χ1) is 11.2. The van der Waals surface area contributed by atoms with Crippen LogP contribution < -0.4 is 14.8 Å². The van der Waals surface area contributed by atoms with Gasteiger partial charge in [-0.1, -0.05) is 12.1 Å². The van der Waals surface area contributed by atoms with Crippen molar-refractivity contribution in [1.82, 2.24) is 14.9 Å². The number of hydrogen-bond donors (Lipinski definition) is 1. The van der Waals surface area contributed by atoms with Crippen LogP contribution in [0.3, 0.4) is 0 Å². The number of carbonyl (C=O) groups is 1. The Kier molecular flexibility index (Phi) is 3.44. The van der Waals surface area contributed by atoms with Gasteiger partial charge in [0.15, 0.2) is 11.5 Å². The highest BCUT2D eigenvalue weighted by molar-refractivity contribution is 5.82. The van der Waals surface area contributed by atoms with Crippen molar-refractivity contribution < 1.29 is 14.3 Å². The number of fused-ring (bicyclic) bond motifs is 2. The molecule has 1 N–H and O–H groups in total. The topological polar surface area (TPSA) is 65.4 Å². The molecule has 0 radical (unpaired) electrons. The van der Waals surface area contributed by atoms with Gasteiger partial charge in [0, 0.05) is 25.2 Å². The first kappa shape index (κ1) is 14.1. The van der Waals surface area contributed by atoms with Crippen molar-refractivity contribution in [2.45, 2.75) is 38.5 Å². The number of amides is 1. The van der Waals surface area contributed by atoms with E-state index in [-0.39, 0.29) is 18.6 Å². The number of rotatable bonds is 2. The third-order valence-electron chi connectivity index (χ3n) is 4.26. The van der Waals surface area contributed by atoms with Gasteiger partial charge in [-0.05, 0) is 25.5 Å². The van der Waals surface area contributed by atoms with E-state index in [1.54, 1.807) is 0 Å². The molecular weight excluding hydrogens is 294 g/mol. The van der Waals surface area contributed by atoms with Crippen LogP contribution in [0.4, 0.5) is 0 Å². The van der Waals surface area contributed by atoms with Gasteiger partial charge in [-0.3, -0.25) is 4.79 Å². The third-order valence-corrected chi connectivity index (χ3v) is 4.26. The van der Waals surface area contributed by atoms with Gasteiger partial charge in [0.05, 0.1) is 5.69 Å². The molecule has 1 amide bonds. The van der Waals surface area contributed by atoms with Crippen LogP contribution in [0, 0.1) is 6.92 Å². The molecule has 2 aliphatic heterocycles. The van der Waals surface area contributed by atoms with Crippen molar-refractivity contribution in [1.29, 1.82) is 0 Å². The number of para-hydroxylation sites is 2. The van der Waals surface area contributed by atoms with Gasteiger partial charge in [-0.15, -0.1) is 0 Å². The number of carbonyl (C=O) groups excluding carboxylic acids is 1. The Morgan fingerprint density at radius 3 is 3.04 bits per heavy atom. The molecule has 6 heteroatoms. The minimum Gasteiger partial charge on any atom is -0.485 e. The van der Waals surface area contributed by atoms with Gasteiger partial charge in [0.2, 0.25) is 6.10 Å². The van der Waals surface area contributed by atoms with Gasteiger partial charge in [-0.25, -0.2) is 4.98 Å². The average molecular weight is 313 g/mol. The fourth-order valence-electron chi connectivity index (χ4n) is 3.15. The minimum absolute atomic E-state index is 0.101. The van der Waals surface area contributed by atoms with Gasteiger partial charge < -0.3 is 19.4 Å². The van der Waals surface area contributed by atoms with E-state index >= 15 is 0 Å². The van der Waals surface area contributed by atoms with Crippen LogP contribution in [0.2, 0.25) is 0 Å². The Labute approximate surface area is 134 Å². The molecule has 0 unspecified atom stereocenters. The van der Waals surface area contributed by atoms with E-state index in [0.29, 0.717) is 11.5 Å². The Morgan fingerprint density at radius 2 is 2.17 bits per heavy atom. The van der Waals surface area contributed by atoms with Crippen LogP contribution in [0.25, 0.3) is 0 Å². The van der Waals surface area contributed by atoms with Crippen molar-refractivity contribution in [2.24, 2.45) is 0 Å². The quantitative estimate of drug-likeness (QED) is 0.912. The maximum Gasteiger partial charge on any atom is 0.264 e. The first-order valence-corrected chi connectivity index (χ1v) is 7.90. The molecule has 0 saturated carbocycles. The van der Waals surface area contributed by atoms with E-state index in [0.717, 1.165) is 30.9 Å². The molecule has 6 nitrogen and oxygen atoms in total. The van der Waals surface area contributed by atoms with E-state index in [1.807, 2.05) is 37.4 Å². The Morgan fingerprint density at radius 1 is 1.35 bits per heavy atom. The summed E-state index contributed by atoms with van der Waals surface area (Å²) in [4.78, 5) is 16.9. The predicted molar refractivity (Wildman–Crippen MR) is 83.6 cm³/mol. The van der Waals surface area contributed by atoms with Gasteiger partial charge in [-0.2, -0.15) is 0 Å². The Bertz CT molecular complexity index is 740. The monoisotopic (exact) mass is 313 g/mol. The molecule has 0 bridgehead atoms. The van der Waals surface area contributed by atoms with Crippen LogP contribution >= 0.6 is 0 Å². The summed E-state index contributed by atoms with van der Waals surface area (Å²) in [6.07, 6.45) is 3.20. The Balaban J connectivity index is 1.39. The van der Waals surface area contributed by atoms with Crippen LogP contribution in [0.5, 0.6) is 11.5 Å². The number of nitrogens with zero attached hydrogens (tertiary/aromatic N) is 2. The summed E-state index contributed by atoms with van der Waals surface area (Å²) in [5.41, 5.74) is 1.02. The molecule has 3 heterocycles. The van der Waals surface area contributed by atoms with Crippen molar-refractivity contribution in [3.63, 3.8) is 0 Å². The average Bonchev–Trinajstić information content (AvgIpc) is 2.93. The van der Waals surface area contributed by atoms with Gasteiger partial charge in [0.25, 0.3) is 5.91 Å². The zero-order valence-corrected chi connectivity index (χ0v) is 13.0. The molecule has 1 aromatic carbocycles. The van der Waals surface area contributed by atoms with Crippen molar-refractivity contribution in [2.75, 3.05) is 6.61 Å². The summed E-state index contributed by atoms with van der Waals surface area (Å²) in [6, 6.07) is 7.51. The van der Waals surface area contributed by atoms with Crippen LogP contribution in [0.15, 0.2) is 30.5 Å². The van der Waals surface area contributed by atoms with E-state index in [1.165, 1.54) is 0 Å². The molecule has 4 rings (SSSR count). The molecule has 0 fully saturated rings. The number of aromatic nitrogens is 2. The SMILES string of the molecule is Cc1cn2c(n1)CC[C@H](NC(=O)[C@@H]1COc3ccccc3O1)C2. The number of benzene rings is 1. The lowest BCUT2D eigenvalue weighted by Crippen LogP contribution is -2.49. The smallest absolute Gasteiger partial charge is 0.264 e. The summed E-state index contributed by atoms with van der Waals surface area (Å²) in [7, 11) is 0. The molecule has 2 aromatic rings. The van der Waals surface area contributed by atoms with E-state index in [9.17, 15) is 4.79 Å². The number of nitrogens with one attached hydrogen (secondary N) is 1.